The van der Waals surface area contributed by atoms with E-state index in [4.69, 9.17) is 0 Å². The molecule has 0 radical (unpaired) electrons. The fourth-order valence-corrected chi connectivity index (χ4v) is 6.55. The van der Waals surface area contributed by atoms with Gasteiger partial charge in [-0.15, -0.1) is 10.2 Å². The molecule has 4 nitrogen and oxygen atoms in total. The second-order valence-corrected chi connectivity index (χ2v) is 10.7. The number of anilines is 1. The molecule has 6 rings (SSSR count). The highest BCUT2D eigenvalue weighted by atomic mass is 32.1. The summed E-state index contributed by atoms with van der Waals surface area (Å²) < 4.78 is 0. The largest absolute Gasteiger partial charge is 0.369 e. The molecule has 2 heterocycles. The number of hydrogen-bond acceptors (Lipinski definition) is 5. The van der Waals surface area contributed by atoms with E-state index in [0.29, 0.717) is 0 Å². The first kappa shape index (κ1) is 22.4. The quantitative estimate of drug-likeness (QED) is 0.317. The van der Waals surface area contributed by atoms with Crippen LogP contribution >= 0.6 is 11.3 Å². The van der Waals surface area contributed by atoms with Crippen molar-refractivity contribution in [2.45, 2.75) is 37.6 Å². The first-order chi connectivity index (χ1) is 17.3. The van der Waals surface area contributed by atoms with E-state index < -0.39 is 0 Å². The molecule has 3 aromatic carbocycles. The van der Waals surface area contributed by atoms with Crippen LogP contribution < -0.4 is 4.90 Å². The zero-order chi connectivity index (χ0) is 23.5. The van der Waals surface area contributed by atoms with Crippen molar-refractivity contribution in [3.63, 3.8) is 0 Å². The highest BCUT2D eigenvalue weighted by Crippen LogP contribution is 2.35. The Morgan fingerprint density at radius 3 is 1.80 bits per heavy atom. The summed E-state index contributed by atoms with van der Waals surface area (Å²) in [5.74, 6) is 0.754. The standard InChI is InChI=1S/C30H32N4S/c1-3-7-23(8-4-1)24-11-15-27(16-12-24)33-19-21-34(22-20-33)28-17-13-26(14-18-28)30-32-31-29(35-30)25-9-5-2-6-10-25/h1-10,13-14,17-18,24,27H,11-12,15-16,19-22H2. The minimum Gasteiger partial charge on any atom is -0.369 e. The molecule has 35 heavy (non-hydrogen) atoms. The van der Waals surface area contributed by atoms with Crippen molar-refractivity contribution in [3.8, 4) is 21.1 Å². The van der Waals surface area contributed by atoms with E-state index in [0.717, 1.165) is 46.2 Å². The molecule has 2 fully saturated rings. The molecule has 0 bridgehead atoms. The fraction of sp³-hybridized carbons (Fsp3) is 0.333. The molecule has 1 saturated heterocycles. The van der Waals surface area contributed by atoms with Gasteiger partial charge < -0.3 is 4.90 Å². The predicted octanol–water partition coefficient (Wildman–Crippen LogP) is 6.72. The molecule has 1 aromatic heterocycles. The Morgan fingerprint density at radius 2 is 1.17 bits per heavy atom. The number of nitrogens with zero attached hydrogens (tertiary/aromatic N) is 4. The Labute approximate surface area is 212 Å². The van der Waals surface area contributed by atoms with Crippen molar-refractivity contribution in [1.82, 2.24) is 15.1 Å². The molecular weight excluding hydrogens is 448 g/mol. The number of aromatic nitrogens is 2. The van der Waals surface area contributed by atoms with Crippen molar-refractivity contribution in [1.29, 1.82) is 0 Å². The lowest BCUT2D eigenvalue weighted by atomic mass is 9.81. The molecule has 2 aliphatic rings. The van der Waals surface area contributed by atoms with Crippen LogP contribution in [0.5, 0.6) is 0 Å². The number of piperazine rings is 1. The average Bonchev–Trinajstić information content (AvgIpc) is 3.45. The van der Waals surface area contributed by atoms with E-state index in [2.05, 4.69) is 86.7 Å². The Bertz CT molecular complexity index is 1210. The molecule has 1 aliphatic carbocycles. The van der Waals surface area contributed by atoms with Crippen LogP contribution in [0.3, 0.4) is 0 Å². The van der Waals surface area contributed by atoms with E-state index in [1.54, 1.807) is 11.3 Å². The van der Waals surface area contributed by atoms with Crippen LogP contribution in [-0.2, 0) is 0 Å². The van der Waals surface area contributed by atoms with Crippen molar-refractivity contribution >= 4 is 17.0 Å². The molecule has 1 aliphatic heterocycles. The Hall–Kier alpha value is -3.02. The summed E-state index contributed by atoms with van der Waals surface area (Å²) in [7, 11) is 0. The maximum absolute atomic E-state index is 4.44. The second kappa shape index (κ2) is 10.3. The monoisotopic (exact) mass is 480 g/mol. The molecule has 5 heteroatoms. The van der Waals surface area contributed by atoms with Crippen LogP contribution in [0.25, 0.3) is 21.1 Å². The van der Waals surface area contributed by atoms with Gasteiger partial charge in [0.15, 0.2) is 0 Å². The Kier molecular flexibility index (Phi) is 6.61. The zero-order valence-corrected chi connectivity index (χ0v) is 20.9. The van der Waals surface area contributed by atoms with Gasteiger partial charge in [0.2, 0.25) is 0 Å². The third-order valence-electron chi connectivity index (χ3n) is 7.72. The van der Waals surface area contributed by atoms with Crippen molar-refractivity contribution in [3.05, 3.63) is 90.5 Å². The lowest BCUT2D eigenvalue weighted by Crippen LogP contribution is -2.51. The lowest BCUT2D eigenvalue weighted by Gasteiger charge is -2.42. The smallest absolute Gasteiger partial charge is 0.148 e. The van der Waals surface area contributed by atoms with E-state index in [1.807, 2.05) is 18.2 Å². The van der Waals surface area contributed by atoms with Crippen LogP contribution in [0.1, 0.15) is 37.2 Å². The third-order valence-corrected chi connectivity index (χ3v) is 8.74. The zero-order valence-electron chi connectivity index (χ0n) is 20.1. The van der Waals surface area contributed by atoms with E-state index in [1.165, 1.54) is 50.0 Å². The van der Waals surface area contributed by atoms with Crippen molar-refractivity contribution in [2.75, 3.05) is 31.1 Å². The molecule has 0 atom stereocenters. The SMILES string of the molecule is c1ccc(-c2nnc(-c3ccc(N4CCN(C5CCC(c6ccccc6)CC5)CC4)cc3)s2)cc1. The van der Waals surface area contributed by atoms with Gasteiger partial charge in [0, 0.05) is 49.0 Å². The Morgan fingerprint density at radius 1 is 0.600 bits per heavy atom. The van der Waals surface area contributed by atoms with Gasteiger partial charge in [-0.1, -0.05) is 72.0 Å². The number of benzene rings is 3. The topological polar surface area (TPSA) is 32.3 Å². The molecular formula is C30H32N4S. The molecule has 0 N–H and O–H groups in total. The molecule has 4 aromatic rings. The molecule has 0 unspecified atom stereocenters. The predicted molar refractivity (Wildman–Crippen MR) is 146 cm³/mol. The summed E-state index contributed by atoms with van der Waals surface area (Å²) >= 11 is 1.65. The summed E-state index contributed by atoms with van der Waals surface area (Å²) in [6, 6.07) is 31.0. The lowest BCUT2D eigenvalue weighted by molar-refractivity contribution is 0.141. The third kappa shape index (κ3) is 5.02. The molecule has 0 amide bonds. The van der Waals surface area contributed by atoms with Gasteiger partial charge >= 0.3 is 0 Å². The second-order valence-electron chi connectivity index (χ2n) is 9.76. The van der Waals surface area contributed by atoms with Gasteiger partial charge in [0.05, 0.1) is 0 Å². The van der Waals surface area contributed by atoms with Gasteiger partial charge in [-0.3, -0.25) is 4.90 Å². The van der Waals surface area contributed by atoms with Crippen LogP contribution in [0.15, 0.2) is 84.9 Å². The normalized spacial score (nSPS) is 21.2. The fourth-order valence-electron chi connectivity index (χ4n) is 5.70. The average molecular weight is 481 g/mol. The molecule has 0 spiro atoms. The van der Waals surface area contributed by atoms with Crippen LogP contribution in [0.4, 0.5) is 5.69 Å². The summed E-state index contributed by atoms with van der Waals surface area (Å²) in [5, 5.41) is 10.8. The maximum atomic E-state index is 4.44. The highest BCUT2D eigenvalue weighted by Gasteiger charge is 2.29. The maximum Gasteiger partial charge on any atom is 0.148 e. The minimum atomic E-state index is 0.754. The highest BCUT2D eigenvalue weighted by molar-refractivity contribution is 7.17. The van der Waals surface area contributed by atoms with Crippen molar-refractivity contribution < 1.29 is 0 Å². The first-order valence-electron chi connectivity index (χ1n) is 12.9. The molecule has 1 saturated carbocycles. The van der Waals surface area contributed by atoms with Gasteiger partial charge in [-0.25, -0.2) is 0 Å². The van der Waals surface area contributed by atoms with Gasteiger partial charge in [0.25, 0.3) is 0 Å². The Balaban J connectivity index is 1.03. The first-order valence-corrected chi connectivity index (χ1v) is 13.7. The summed E-state index contributed by atoms with van der Waals surface area (Å²) in [4.78, 5) is 5.28. The summed E-state index contributed by atoms with van der Waals surface area (Å²) in [6.45, 7) is 4.54. The van der Waals surface area contributed by atoms with E-state index in [9.17, 15) is 0 Å². The van der Waals surface area contributed by atoms with Gasteiger partial charge in [0.1, 0.15) is 10.0 Å². The van der Waals surface area contributed by atoms with Gasteiger partial charge in [-0.2, -0.15) is 0 Å². The number of rotatable bonds is 5. The van der Waals surface area contributed by atoms with Crippen LogP contribution in [0, 0.1) is 0 Å². The molecule has 178 valence electrons. The van der Waals surface area contributed by atoms with Crippen molar-refractivity contribution in [2.24, 2.45) is 0 Å². The summed E-state index contributed by atoms with van der Waals surface area (Å²) in [5.41, 5.74) is 5.11. The van der Waals surface area contributed by atoms with E-state index in [-0.39, 0.29) is 0 Å². The van der Waals surface area contributed by atoms with Crippen LogP contribution in [-0.4, -0.2) is 47.3 Å². The van der Waals surface area contributed by atoms with Crippen LogP contribution in [0.2, 0.25) is 0 Å². The number of hydrogen-bond donors (Lipinski definition) is 0. The van der Waals surface area contributed by atoms with E-state index >= 15 is 0 Å². The van der Waals surface area contributed by atoms with Gasteiger partial charge in [-0.05, 0) is 61.4 Å². The minimum absolute atomic E-state index is 0.754. The summed E-state index contributed by atoms with van der Waals surface area (Å²) in [6.07, 6.45) is 5.32.